The summed E-state index contributed by atoms with van der Waals surface area (Å²) in [5.41, 5.74) is 9.18. The fourth-order valence-corrected chi connectivity index (χ4v) is 3.28. The van der Waals surface area contributed by atoms with Crippen molar-refractivity contribution < 1.29 is 4.79 Å². The molecule has 0 atom stereocenters. The van der Waals surface area contributed by atoms with E-state index in [9.17, 15) is 9.59 Å². The molecule has 8 heteroatoms. The molecule has 1 aliphatic heterocycles. The van der Waals surface area contributed by atoms with Gasteiger partial charge >= 0.3 is 0 Å². The molecule has 2 aromatic rings. The van der Waals surface area contributed by atoms with E-state index in [4.69, 9.17) is 5.73 Å². The van der Waals surface area contributed by atoms with E-state index < -0.39 is 0 Å². The molecule has 0 saturated carbocycles. The van der Waals surface area contributed by atoms with Gasteiger partial charge in [-0.25, -0.2) is 4.98 Å². The maximum Gasteiger partial charge on any atom is 0.275 e. The van der Waals surface area contributed by atoms with Crippen molar-refractivity contribution in [3.8, 4) is 0 Å². The second kappa shape index (κ2) is 4.69. The summed E-state index contributed by atoms with van der Waals surface area (Å²) in [6.07, 6.45) is 3.38. The molecule has 0 aromatic carbocycles. The molecule has 4 rings (SSSR count). The number of nitrogens with two attached hydrogens (primary N) is 1. The molecule has 3 heterocycles. The number of nitrogen functional groups attached to an aromatic ring is 1. The zero-order valence-corrected chi connectivity index (χ0v) is 12.0. The van der Waals surface area contributed by atoms with Gasteiger partial charge in [-0.1, -0.05) is 0 Å². The molecule has 4 N–H and O–H groups in total. The van der Waals surface area contributed by atoms with Crippen LogP contribution in [0.1, 0.15) is 39.4 Å². The molecule has 2 aromatic heterocycles. The first-order valence-electron chi connectivity index (χ1n) is 7.36. The summed E-state index contributed by atoms with van der Waals surface area (Å²) in [5.74, 6) is -0.0237. The average Bonchev–Trinajstić information content (AvgIpc) is 3.08. The summed E-state index contributed by atoms with van der Waals surface area (Å²) < 4.78 is 0. The van der Waals surface area contributed by atoms with Gasteiger partial charge in [0.25, 0.3) is 11.5 Å². The first-order valence-corrected chi connectivity index (χ1v) is 7.36. The van der Waals surface area contributed by atoms with E-state index in [0.29, 0.717) is 36.5 Å². The Kier molecular flexibility index (Phi) is 2.78. The quantitative estimate of drug-likeness (QED) is 0.671. The largest absolute Gasteiger partial charge is 0.369 e. The van der Waals surface area contributed by atoms with Crippen LogP contribution in [0.2, 0.25) is 0 Å². The van der Waals surface area contributed by atoms with E-state index in [0.717, 1.165) is 30.5 Å². The van der Waals surface area contributed by atoms with Gasteiger partial charge in [0.05, 0.1) is 12.2 Å². The smallest absolute Gasteiger partial charge is 0.275 e. The molecule has 8 nitrogen and oxygen atoms in total. The van der Waals surface area contributed by atoms with E-state index in [-0.39, 0.29) is 17.4 Å². The van der Waals surface area contributed by atoms with Crippen molar-refractivity contribution in [3.63, 3.8) is 0 Å². The maximum atomic E-state index is 12.7. The number of amides is 1. The number of aromatic amines is 2. The lowest BCUT2D eigenvalue weighted by atomic mass is 10.1. The third-order valence-corrected chi connectivity index (χ3v) is 4.39. The lowest BCUT2D eigenvalue weighted by Gasteiger charge is -2.27. The number of aryl methyl sites for hydroxylation is 1. The Morgan fingerprint density at radius 1 is 1.23 bits per heavy atom. The summed E-state index contributed by atoms with van der Waals surface area (Å²) >= 11 is 0. The molecule has 0 spiro atoms. The molecular formula is C14H16N6O2. The molecule has 22 heavy (non-hydrogen) atoms. The van der Waals surface area contributed by atoms with Crippen molar-refractivity contribution in [1.29, 1.82) is 0 Å². The Bertz CT molecular complexity index is 821. The van der Waals surface area contributed by atoms with Gasteiger partial charge in [0.15, 0.2) is 5.69 Å². The van der Waals surface area contributed by atoms with E-state index in [1.807, 2.05) is 0 Å². The van der Waals surface area contributed by atoms with Crippen molar-refractivity contribution >= 4 is 11.9 Å². The van der Waals surface area contributed by atoms with E-state index in [2.05, 4.69) is 20.2 Å². The van der Waals surface area contributed by atoms with Crippen LogP contribution in [-0.2, 0) is 25.8 Å². The molecule has 0 fully saturated rings. The van der Waals surface area contributed by atoms with Crippen LogP contribution in [0.5, 0.6) is 0 Å². The van der Waals surface area contributed by atoms with Crippen LogP contribution in [0, 0.1) is 0 Å². The zero-order chi connectivity index (χ0) is 15.3. The number of nitrogens with zero attached hydrogens (tertiary/aromatic N) is 3. The topological polar surface area (TPSA) is 121 Å². The van der Waals surface area contributed by atoms with Crippen LogP contribution < -0.4 is 11.3 Å². The normalized spacial score (nSPS) is 16.5. The predicted molar refractivity (Wildman–Crippen MR) is 78.3 cm³/mol. The number of carbonyl (C=O) groups is 1. The Balaban J connectivity index is 1.64. The van der Waals surface area contributed by atoms with Crippen LogP contribution in [0.15, 0.2) is 4.79 Å². The standard InChI is InChI=1S/C14H16N6O2/c15-14-16-10-6-20(5-4-8(10)12(21)17-14)13(22)11-7-2-1-3-9(7)18-19-11/h1-6H2,(H,18,19)(H3,15,16,17,21). The third-order valence-electron chi connectivity index (χ3n) is 4.39. The first-order chi connectivity index (χ1) is 10.6. The summed E-state index contributed by atoms with van der Waals surface area (Å²) in [5, 5.41) is 7.13. The Labute approximate surface area is 125 Å². The molecule has 0 bridgehead atoms. The second-order valence-corrected chi connectivity index (χ2v) is 5.74. The molecule has 2 aliphatic rings. The molecule has 114 valence electrons. The van der Waals surface area contributed by atoms with Crippen molar-refractivity contribution in [3.05, 3.63) is 38.6 Å². The summed E-state index contributed by atoms with van der Waals surface area (Å²) in [6.45, 7) is 0.784. The highest BCUT2D eigenvalue weighted by Gasteiger charge is 2.30. The highest BCUT2D eigenvalue weighted by atomic mass is 16.2. The van der Waals surface area contributed by atoms with Gasteiger partial charge in [-0.3, -0.25) is 19.7 Å². The second-order valence-electron chi connectivity index (χ2n) is 5.74. The number of carbonyl (C=O) groups excluding carboxylic acids is 1. The predicted octanol–water partition coefficient (Wildman–Crippen LogP) is -0.238. The lowest BCUT2D eigenvalue weighted by Crippen LogP contribution is -2.39. The molecule has 1 amide bonds. The molecular weight excluding hydrogens is 284 g/mol. The number of hydrogen-bond donors (Lipinski definition) is 3. The minimum atomic E-state index is -0.213. The van der Waals surface area contributed by atoms with Gasteiger partial charge in [-0.15, -0.1) is 0 Å². The Morgan fingerprint density at radius 2 is 2.09 bits per heavy atom. The average molecular weight is 300 g/mol. The van der Waals surface area contributed by atoms with Crippen LogP contribution in [0.4, 0.5) is 5.95 Å². The van der Waals surface area contributed by atoms with Gasteiger partial charge in [0.2, 0.25) is 5.95 Å². The van der Waals surface area contributed by atoms with Gasteiger partial charge in [-0.05, 0) is 25.7 Å². The highest BCUT2D eigenvalue weighted by Crippen LogP contribution is 2.25. The number of nitrogens with one attached hydrogen (secondary N) is 2. The lowest BCUT2D eigenvalue weighted by molar-refractivity contribution is 0.0724. The number of fused-ring (bicyclic) bond motifs is 2. The van der Waals surface area contributed by atoms with Gasteiger partial charge in [0, 0.05) is 23.4 Å². The minimum Gasteiger partial charge on any atom is -0.369 e. The fraction of sp³-hybridized carbons (Fsp3) is 0.429. The van der Waals surface area contributed by atoms with Crippen molar-refractivity contribution in [2.24, 2.45) is 0 Å². The summed E-state index contributed by atoms with van der Waals surface area (Å²) in [4.78, 5) is 32.9. The first kappa shape index (κ1) is 13.1. The van der Waals surface area contributed by atoms with Crippen LogP contribution >= 0.6 is 0 Å². The van der Waals surface area contributed by atoms with Crippen LogP contribution in [0.25, 0.3) is 0 Å². The van der Waals surface area contributed by atoms with Gasteiger partial charge in [-0.2, -0.15) is 5.10 Å². The Morgan fingerprint density at radius 3 is 2.95 bits per heavy atom. The maximum absolute atomic E-state index is 12.7. The van der Waals surface area contributed by atoms with Crippen molar-refractivity contribution in [2.75, 3.05) is 12.3 Å². The SMILES string of the molecule is Nc1nc2c(c(=O)[nH]1)CCN(C(=O)c1n[nH]c3c1CCC3)C2. The minimum absolute atomic E-state index is 0.0821. The van der Waals surface area contributed by atoms with Crippen molar-refractivity contribution in [1.82, 2.24) is 25.1 Å². The van der Waals surface area contributed by atoms with Crippen LogP contribution in [0.3, 0.4) is 0 Å². The van der Waals surface area contributed by atoms with E-state index in [1.54, 1.807) is 4.90 Å². The Hall–Kier alpha value is -2.64. The zero-order valence-electron chi connectivity index (χ0n) is 12.0. The number of H-pyrrole nitrogens is 2. The fourth-order valence-electron chi connectivity index (χ4n) is 3.28. The molecule has 0 unspecified atom stereocenters. The monoisotopic (exact) mass is 300 g/mol. The third kappa shape index (κ3) is 1.91. The molecule has 0 radical (unpaired) electrons. The van der Waals surface area contributed by atoms with Crippen LogP contribution in [-0.4, -0.2) is 37.5 Å². The highest BCUT2D eigenvalue weighted by molar-refractivity contribution is 5.94. The number of aromatic nitrogens is 4. The summed E-state index contributed by atoms with van der Waals surface area (Å²) in [7, 11) is 0. The number of rotatable bonds is 1. The van der Waals surface area contributed by atoms with E-state index >= 15 is 0 Å². The van der Waals surface area contributed by atoms with Gasteiger partial charge in [0.1, 0.15) is 0 Å². The van der Waals surface area contributed by atoms with Crippen molar-refractivity contribution in [2.45, 2.75) is 32.2 Å². The van der Waals surface area contributed by atoms with E-state index in [1.165, 1.54) is 0 Å². The molecule has 1 aliphatic carbocycles. The number of anilines is 1. The van der Waals surface area contributed by atoms with Gasteiger partial charge < -0.3 is 10.6 Å². The number of hydrogen-bond acceptors (Lipinski definition) is 5. The summed E-state index contributed by atoms with van der Waals surface area (Å²) in [6, 6.07) is 0. The molecule has 0 saturated heterocycles.